The van der Waals surface area contributed by atoms with Crippen molar-refractivity contribution in [1.29, 1.82) is 5.26 Å². The van der Waals surface area contributed by atoms with Crippen molar-refractivity contribution in [2.24, 2.45) is 0 Å². The molecule has 4 rings (SSSR count). The number of fused-ring (bicyclic) bond motifs is 1. The normalized spacial score (nSPS) is 11.1. The number of esters is 1. The van der Waals surface area contributed by atoms with Gasteiger partial charge in [0.2, 0.25) is 0 Å². The summed E-state index contributed by atoms with van der Waals surface area (Å²) in [6.45, 7) is 1.61. The summed E-state index contributed by atoms with van der Waals surface area (Å²) in [6, 6.07) is 22.7. The number of ether oxygens (including phenoxy) is 1. The van der Waals surface area contributed by atoms with E-state index in [1.54, 1.807) is 60.7 Å². The van der Waals surface area contributed by atoms with E-state index in [0.717, 1.165) is 10.7 Å². The van der Waals surface area contributed by atoms with E-state index in [1.807, 2.05) is 6.92 Å². The van der Waals surface area contributed by atoms with Crippen LogP contribution in [0.5, 0.6) is 0 Å². The fourth-order valence-electron chi connectivity index (χ4n) is 4.36. The van der Waals surface area contributed by atoms with Gasteiger partial charge in [0.05, 0.1) is 28.8 Å². The quantitative estimate of drug-likeness (QED) is 0.151. The summed E-state index contributed by atoms with van der Waals surface area (Å²) >= 11 is 12.2. The Kier molecular flexibility index (Phi) is 10.1. The monoisotopic (exact) mass is 623 g/mol. The molecule has 42 heavy (non-hydrogen) atoms. The number of benzene rings is 4. The number of carbonyl (C=O) groups excluding carboxylic acids is 2. The molecular weight excluding hydrogens is 597 g/mol. The van der Waals surface area contributed by atoms with Crippen molar-refractivity contribution in [1.82, 2.24) is 5.32 Å². The molecule has 0 bridgehead atoms. The van der Waals surface area contributed by atoms with Gasteiger partial charge >= 0.3 is 5.97 Å². The Bertz CT molecular complexity index is 1770. The molecule has 4 aromatic carbocycles. The zero-order valence-electron chi connectivity index (χ0n) is 22.6. The van der Waals surface area contributed by atoms with Gasteiger partial charge in [-0.15, -0.1) is 0 Å². The topological polar surface area (TPSA) is 117 Å². The standard InChI is InChI=1S/C31H27Cl2N3O5S/c1-2-3-14-41-30(37)20-36(42(39,40)25-16-23(32)15-24(33)17-25)29-13-7-10-26-27(29)11-6-12-28(26)31(38)35-19-22-9-5-4-8-21(22)18-34/h4-13,15-17H,2-3,14,19-20H2,1H3,(H,35,38). The van der Waals surface area contributed by atoms with E-state index in [-0.39, 0.29) is 39.3 Å². The summed E-state index contributed by atoms with van der Waals surface area (Å²) in [7, 11) is -4.37. The van der Waals surface area contributed by atoms with Gasteiger partial charge in [-0.1, -0.05) is 79.0 Å². The van der Waals surface area contributed by atoms with E-state index in [2.05, 4.69) is 11.4 Å². The minimum absolute atomic E-state index is 0.112. The lowest BCUT2D eigenvalue weighted by Gasteiger charge is -2.25. The highest BCUT2D eigenvalue weighted by atomic mass is 35.5. The number of halogens is 2. The van der Waals surface area contributed by atoms with Gasteiger partial charge in [-0.3, -0.25) is 13.9 Å². The average Bonchev–Trinajstić information content (AvgIpc) is 2.97. The minimum Gasteiger partial charge on any atom is -0.464 e. The summed E-state index contributed by atoms with van der Waals surface area (Å²) in [5.41, 5.74) is 1.57. The summed E-state index contributed by atoms with van der Waals surface area (Å²) in [6.07, 6.45) is 1.43. The van der Waals surface area contributed by atoms with Crippen molar-refractivity contribution in [3.63, 3.8) is 0 Å². The van der Waals surface area contributed by atoms with E-state index >= 15 is 0 Å². The molecule has 0 saturated heterocycles. The van der Waals surface area contributed by atoms with Crippen molar-refractivity contribution >= 4 is 61.6 Å². The molecule has 0 saturated carbocycles. The zero-order valence-corrected chi connectivity index (χ0v) is 25.0. The first-order chi connectivity index (χ1) is 20.1. The van der Waals surface area contributed by atoms with Crippen molar-refractivity contribution in [3.05, 3.63) is 106 Å². The van der Waals surface area contributed by atoms with Crippen molar-refractivity contribution < 1.29 is 22.7 Å². The van der Waals surface area contributed by atoms with Gasteiger partial charge in [0.1, 0.15) is 6.54 Å². The lowest BCUT2D eigenvalue weighted by Crippen LogP contribution is -2.37. The van der Waals surface area contributed by atoms with Crippen LogP contribution in [0.2, 0.25) is 10.0 Å². The van der Waals surface area contributed by atoms with Crippen molar-refractivity contribution in [2.75, 3.05) is 17.5 Å². The highest BCUT2D eigenvalue weighted by Gasteiger charge is 2.30. The number of unbranched alkanes of at least 4 members (excludes halogenated alkanes) is 1. The first kappa shape index (κ1) is 30.8. The number of amides is 1. The Morgan fingerprint density at radius 1 is 0.952 bits per heavy atom. The van der Waals surface area contributed by atoms with Gasteiger partial charge in [-0.05, 0) is 53.8 Å². The van der Waals surface area contributed by atoms with Gasteiger partial charge in [0.15, 0.2) is 0 Å². The molecule has 4 aromatic rings. The second-order valence-electron chi connectivity index (χ2n) is 9.32. The number of nitrogens with zero attached hydrogens (tertiary/aromatic N) is 2. The Balaban J connectivity index is 1.76. The molecular formula is C31H27Cl2N3O5S. The summed E-state index contributed by atoms with van der Waals surface area (Å²) in [5, 5.41) is 13.3. The number of nitriles is 1. The molecule has 216 valence electrons. The van der Waals surface area contributed by atoms with E-state index in [0.29, 0.717) is 28.3 Å². The van der Waals surface area contributed by atoms with Crippen molar-refractivity contribution in [3.8, 4) is 6.07 Å². The molecule has 0 unspecified atom stereocenters. The van der Waals surface area contributed by atoms with Crippen LogP contribution in [0.25, 0.3) is 10.8 Å². The number of sulfonamides is 1. The highest BCUT2D eigenvalue weighted by molar-refractivity contribution is 7.93. The maximum atomic E-state index is 14.0. The summed E-state index contributed by atoms with van der Waals surface area (Å²) in [4.78, 5) is 25.9. The maximum Gasteiger partial charge on any atom is 0.326 e. The Morgan fingerprint density at radius 3 is 2.36 bits per heavy atom. The van der Waals surface area contributed by atoms with Crippen LogP contribution in [-0.4, -0.2) is 33.4 Å². The molecule has 1 amide bonds. The van der Waals surface area contributed by atoms with Crippen LogP contribution in [0, 0.1) is 11.3 Å². The predicted octanol–water partition coefficient (Wildman–Crippen LogP) is 6.49. The van der Waals surface area contributed by atoms with Crippen molar-refractivity contribution in [2.45, 2.75) is 31.2 Å². The second-order valence-corrected chi connectivity index (χ2v) is 12.1. The van der Waals surface area contributed by atoms with Gasteiger partial charge in [0, 0.05) is 27.5 Å². The molecule has 0 heterocycles. The third-order valence-electron chi connectivity index (χ3n) is 6.45. The fourth-order valence-corrected chi connectivity index (χ4v) is 6.52. The molecule has 11 heteroatoms. The number of carbonyl (C=O) groups is 2. The van der Waals surface area contributed by atoms with E-state index in [4.69, 9.17) is 27.9 Å². The summed E-state index contributed by atoms with van der Waals surface area (Å²) in [5.74, 6) is -1.15. The third kappa shape index (κ3) is 7.02. The van der Waals surface area contributed by atoms with Crippen LogP contribution in [0.1, 0.15) is 41.3 Å². The lowest BCUT2D eigenvalue weighted by molar-refractivity contribution is -0.141. The lowest BCUT2D eigenvalue weighted by atomic mass is 10.0. The maximum absolute atomic E-state index is 14.0. The number of rotatable bonds is 11. The molecule has 0 aliphatic heterocycles. The Morgan fingerprint density at radius 2 is 1.64 bits per heavy atom. The SMILES string of the molecule is CCCCOC(=O)CN(c1cccc2c(C(=O)NCc3ccccc3C#N)cccc12)S(=O)(=O)c1cc(Cl)cc(Cl)c1. The molecule has 0 aliphatic carbocycles. The van der Waals surface area contributed by atoms with Crippen LogP contribution in [0.3, 0.4) is 0 Å². The molecule has 0 spiro atoms. The third-order valence-corrected chi connectivity index (χ3v) is 8.62. The Hall–Kier alpha value is -4.10. The Labute approximate surface area is 254 Å². The molecule has 0 fully saturated rings. The molecule has 0 atom stereocenters. The van der Waals surface area contributed by atoms with Gasteiger partial charge in [-0.2, -0.15) is 5.26 Å². The molecule has 0 aromatic heterocycles. The highest BCUT2D eigenvalue weighted by Crippen LogP contribution is 2.34. The average molecular weight is 625 g/mol. The van der Waals surface area contributed by atoms with Crippen LogP contribution >= 0.6 is 23.2 Å². The summed E-state index contributed by atoms with van der Waals surface area (Å²) < 4.78 is 34.2. The minimum atomic E-state index is -4.37. The smallest absolute Gasteiger partial charge is 0.326 e. The van der Waals surface area contributed by atoms with Crippen LogP contribution in [0.15, 0.2) is 83.8 Å². The van der Waals surface area contributed by atoms with E-state index < -0.39 is 28.4 Å². The molecule has 0 radical (unpaired) electrons. The molecule has 8 nitrogen and oxygen atoms in total. The molecule has 1 N–H and O–H groups in total. The number of hydrogen-bond donors (Lipinski definition) is 1. The first-order valence-corrected chi connectivity index (χ1v) is 15.3. The van der Waals surface area contributed by atoms with Gasteiger partial charge in [-0.25, -0.2) is 8.42 Å². The van der Waals surface area contributed by atoms with E-state index in [9.17, 15) is 23.3 Å². The van der Waals surface area contributed by atoms with Gasteiger partial charge in [0.25, 0.3) is 15.9 Å². The fraction of sp³-hybridized carbons (Fsp3) is 0.194. The molecule has 0 aliphatic rings. The van der Waals surface area contributed by atoms with Crippen LogP contribution in [-0.2, 0) is 26.1 Å². The predicted molar refractivity (Wildman–Crippen MR) is 163 cm³/mol. The van der Waals surface area contributed by atoms with Crippen LogP contribution < -0.4 is 9.62 Å². The number of nitrogens with one attached hydrogen (secondary N) is 1. The van der Waals surface area contributed by atoms with E-state index in [1.165, 1.54) is 18.2 Å². The van der Waals surface area contributed by atoms with Crippen LogP contribution in [0.4, 0.5) is 5.69 Å². The van der Waals surface area contributed by atoms with Gasteiger partial charge < -0.3 is 10.1 Å². The first-order valence-electron chi connectivity index (χ1n) is 13.1. The number of anilines is 1. The zero-order chi connectivity index (χ0) is 30.3. The number of hydrogen-bond acceptors (Lipinski definition) is 6. The second kappa shape index (κ2) is 13.7. The largest absolute Gasteiger partial charge is 0.464 e.